The van der Waals surface area contributed by atoms with E-state index in [0.717, 1.165) is 12.8 Å². The minimum Gasteiger partial charge on any atom is -0.452 e. The van der Waals surface area contributed by atoms with E-state index in [1.165, 1.54) is 18.2 Å². The number of halogens is 1. The maximum absolute atomic E-state index is 13.4. The Morgan fingerprint density at radius 1 is 1.31 bits per heavy atom. The first-order valence-corrected chi connectivity index (χ1v) is 8.93. The number of piperidine rings is 1. The van der Waals surface area contributed by atoms with Crippen molar-refractivity contribution in [3.63, 3.8) is 0 Å². The lowest BCUT2D eigenvalue weighted by molar-refractivity contribution is -0.161. The van der Waals surface area contributed by atoms with Gasteiger partial charge in [0.15, 0.2) is 6.10 Å². The molecule has 1 fully saturated rings. The molecule has 0 unspecified atom stereocenters. The summed E-state index contributed by atoms with van der Waals surface area (Å²) < 4.78 is 18.7. The zero-order valence-electron chi connectivity index (χ0n) is 15.0. The van der Waals surface area contributed by atoms with Crippen LogP contribution in [0.5, 0.6) is 0 Å². The summed E-state index contributed by atoms with van der Waals surface area (Å²) in [4.78, 5) is 38.6. The molecule has 2 amide bonds. The van der Waals surface area contributed by atoms with Crippen molar-refractivity contribution >= 4 is 23.5 Å². The first-order chi connectivity index (χ1) is 12.3. The number of esters is 1. The van der Waals surface area contributed by atoms with Crippen LogP contribution < -0.4 is 5.32 Å². The largest absolute Gasteiger partial charge is 0.452 e. The Morgan fingerprint density at radius 3 is 2.69 bits per heavy atom. The van der Waals surface area contributed by atoms with Gasteiger partial charge in [-0.1, -0.05) is 13.0 Å². The van der Waals surface area contributed by atoms with E-state index in [4.69, 9.17) is 4.74 Å². The van der Waals surface area contributed by atoms with Crippen LogP contribution in [-0.2, 0) is 19.1 Å². The fourth-order valence-corrected chi connectivity index (χ4v) is 3.44. The maximum atomic E-state index is 13.4. The van der Waals surface area contributed by atoms with Crippen molar-refractivity contribution in [3.8, 4) is 0 Å². The number of carbonyl (C=O) groups excluding carboxylic acids is 3. The first kappa shape index (κ1) is 18.4. The number of hydrogen-bond acceptors (Lipinski definition) is 4. The first-order valence-electron chi connectivity index (χ1n) is 8.93. The number of likely N-dealkylation sites (tertiary alicyclic amines) is 1. The summed E-state index contributed by atoms with van der Waals surface area (Å²) in [6.07, 6.45) is 0.881. The van der Waals surface area contributed by atoms with E-state index in [-0.39, 0.29) is 23.9 Å². The van der Waals surface area contributed by atoms with Crippen molar-refractivity contribution in [2.45, 2.75) is 45.1 Å². The van der Waals surface area contributed by atoms with Gasteiger partial charge in [-0.25, -0.2) is 4.39 Å². The van der Waals surface area contributed by atoms with Gasteiger partial charge in [0.05, 0.1) is 5.92 Å². The number of carbonyl (C=O) groups is 3. The number of benzene rings is 1. The number of amides is 2. The molecule has 2 atom stereocenters. The minimum atomic E-state index is -0.912. The van der Waals surface area contributed by atoms with Gasteiger partial charge in [-0.05, 0) is 43.4 Å². The van der Waals surface area contributed by atoms with Crippen molar-refractivity contribution in [3.05, 3.63) is 29.6 Å². The molecule has 0 bridgehead atoms. The third kappa shape index (κ3) is 3.86. The van der Waals surface area contributed by atoms with Crippen molar-refractivity contribution in [2.75, 3.05) is 18.4 Å². The second kappa shape index (κ2) is 7.43. The number of fused-ring (bicyclic) bond motifs is 1. The molecule has 0 aliphatic carbocycles. The molecule has 26 heavy (non-hydrogen) atoms. The van der Waals surface area contributed by atoms with Gasteiger partial charge in [-0.2, -0.15) is 0 Å². The van der Waals surface area contributed by atoms with E-state index in [1.54, 1.807) is 11.8 Å². The number of rotatable bonds is 3. The Labute approximate surface area is 151 Å². The molecular weight excluding hydrogens is 339 g/mol. The molecule has 7 heteroatoms. The van der Waals surface area contributed by atoms with Gasteiger partial charge in [-0.3, -0.25) is 14.4 Å². The van der Waals surface area contributed by atoms with Crippen LogP contribution in [0.3, 0.4) is 0 Å². The summed E-state index contributed by atoms with van der Waals surface area (Å²) in [6, 6.07) is 3.88. The predicted octanol–water partition coefficient (Wildman–Crippen LogP) is 2.44. The van der Waals surface area contributed by atoms with Crippen LogP contribution in [0.4, 0.5) is 10.1 Å². The van der Waals surface area contributed by atoms with Crippen LogP contribution in [0.15, 0.2) is 18.2 Å². The summed E-state index contributed by atoms with van der Waals surface area (Å²) >= 11 is 0. The maximum Gasteiger partial charge on any atom is 0.314 e. The SMILES string of the molecule is CC1CCN(C(=O)[C@@H](C)OC(=O)[C@@H]2CC(=O)Nc3cc(F)ccc32)CC1. The highest BCUT2D eigenvalue weighted by atomic mass is 19.1. The molecule has 0 aromatic heterocycles. The topological polar surface area (TPSA) is 75.7 Å². The molecule has 3 rings (SSSR count). The molecule has 2 aliphatic rings. The monoisotopic (exact) mass is 362 g/mol. The van der Waals surface area contributed by atoms with Gasteiger partial charge in [0.25, 0.3) is 5.91 Å². The number of anilines is 1. The van der Waals surface area contributed by atoms with Crippen LogP contribution in [0.25, 0.3) is 0 Å². The third-order valence-electron chi connectivity index (χ3n) is 5.07. The lowest BCUT2D eigenvalue weighted by atomic mass is 9.90. The Bertz CT molecular complexity index is 728. The fourth-order valence-electron chi connectivity index (χ4n) is 3.44. The van der Waals surface area contributed by atoms with E-state index in [9.17, 15) is 18.8 Å². The fraction of sp³-hybridized carbons (Fsp3) is 0.526. The number of hydrogen-bond donors (Lipinski definition) is 1. The summed E-state index contributed by atoms with van der Waals surface area (Å²) in [5, 5.41) is 2.56. The van der Waals surface area contributed by atoms with Crippen LogP contribution >= 0.6 is 0 Å². The summed E-state index contributed by atoms with van der Waals surface area (Å²) in [6.45, 7) is 5.03. The van der Waals surface area contributed by atoms with Gasteiger partial charge in [0.1, 0.15) is 5.82 Å². The Morgan fingerprint density at radius 2 is 2.00 bits per heavy atom. The van der Waals surface area contributed by atoms with Gasteiger partial charge >= 0.3 is 5.97 Å². The molecule has 140 valence electrons. The van der Waals surface area contributed by atoms with Crippen LogP contribution in [0, 0.1) is 11.7 Å². The normalized spacial score (nSPS) is 21.6. The van der Waals surface area contributed by atoms with Crippen LogP contribution in [0.1, 0.15) is 44.6 Å². The highest BCUT2D eigenvalue weighted by molar-refractivity contribution is 6.00. The average Bonchev–Trinajstić information content (AvgIpc) is 2.60. The molecule has 1 saturated heterocycles. The zero-order chi connectivity index (χ0) is 18.8. The van der Waals surface area contributed by atoms with Crippen molar-refractivity contribution in [1.82, 2.24) is 4.90 Å². The molecule has 2 heterocycles. The summed E-state index contributed by atoms with van der Waals surface area (Å²) in [5.41, 5.74) is 0.773. The Balaban J connectivity index is 1.68. The number of ether oxygens (including phenoxy) is 1. The average molecular weight is 362 g/mol. The molecule has 0 saturated carbocycles. The van der Waals surface area contributed by atoms with E-state index in [1.807, 2.05) is 0 Å². The highest BCUT2D eigenvalue weighted by Gasteiger charge is 2.35. The number of nitrogens with one attached hydrogen (secondary N) is 1. The van der Waals surface area contributed by atoms with Crippen molar-refractivity contribution in [2.24, 2.45) is 5.92 Å². The molecule has 1 N–H and O–H groups in total. The molecule has 2 aliphatic heterocycles. The second-order valence-electron chi connectivity index (χ2n) is 7.12. The van der Waals surface area contributed by atoms with E-state index >= 15 is 0 Å². The molecule has 0 spiro atoms. The highest BCUT2D eigenvalue weighted by Crippen LogP contribution is 2.34. The lowest BCUT2D eigenvalue weighted by Gasteiger charge is -2.32. The smallest absolute Gasteiger partial charge is 0.314 e. The summed E-state index contributed by atoms with van der Waals surface area (Å²) in [7, 11) is 0. The zero-order valence-corrected chi connectivity index (χ0v) is 15.0. The minimum absolute atomic E-state index is 0.0837. The van der Waals surface area contributed by atoms with Gasteiger partial charge in [0, 0.05) is 25.2 Å². The number of nitrogens with zero attached hydrogens (tertiary/aromatic N) is 1. The molecular formula is C19H23FN2O4. The van der Waals surface area contributed by atoms with Crippen LogP contribution in [0.2, 0.25) is 0 Å². The van der Waals surface area contributed by atoms with Gasteiger partial charge in [0.2, 0.25) is 5.91 Å². The Kier molecular flexibility index (Phi) is 5.25. The standard InChI is InChI=1S/C19H23FN2O4/c1-11-5-7-22(8-6-11)18(24)12(2)26-19(25)15-10-17(23)21-16-9-13(20)3-4-14(15)16/h3-4,9,11-12,15H,5-8,10H2,1-2H3,(H,21,23)/t12-,15-/m1/s1. The van der Waals surface area contributed by atoms with E-state index in [0.29, 0.717) is 24.6 Å². The Hall–Kier alpha value is -2.44. The quantitative estimate of drug-likeness (QED) is 0.838. The van der Waals surface area contributed by atoms with E-state index in [2.05, 4.69) is 12.2 Å². The van der Waals surface area contributed by atoms with Gasteiger partial charge < -0.3 is 15.0 Å². The van der Waals surface area contributed by atoms with Crippen molar-refractivity contribution < 1.29 is 23.5 Å². The molecule has 1 aromatic carbocycles. The lowest BCUT2D eigenvalue weighted by Crippen LogP contribution is -2.44. The second-order valence-corrected chi connectivity index (χ2v) is 7.12. The van der Waals surface area contributed by atoms with Crippen molar-refractivity contribution in [1.29, 1.82) is 0 Å². The third-order valence-corrected chi connectivity index (χ3v) is 5.07. The summed E-state index contributed by atoms with van der Waals surface area (Å²) in [5.74, 6) is -1.98. The van der Waals surface area contributed by atoms with E-state index < -0.39 is 23.8 Å². The predicted molar refractivity (Wildman–Crippen MR) is 92.9 cm³/mol. The van der Waals surface area contributed by atoms with Crippen LogP contribution in [-0.4, -0.2) is 41.9 Å². The molecule has 0 radical (unpaired) electrons. The molecule has 6 nitrogen and oxygen atoms in total. The van der Waals surface area contributed by atoms with Gasteiger partial charge in [-0.15, -0.1) is 0 Å². The molecule has 1 aromatic rings.